The van der Waals surface area contributed by atoms with E-state index in [9.17, 15) is 14.4 Å². The largest absolute Gasteiger partial charge is 0.462 e. The molecule has 2 saturated heterocycles. The van der Waals surface area contributed by atoms with Crippen LogP contribution in [0.5, 0.6) is 6.01 Å². The topological polar surface area (TPSA) is 98.5 Å². The van der Waals surface area contributed by atoms with Gasteiger partial charge in [0.05, 0.1) is 18.5 Å². The number of likely N-dealkylation sites (N-methyl/N-ethyl adjacent to an activating group) is 1. The highest BCUT2D eigenvalue weighted by molar-refractivity contribution is 5.94. The van der Waals surface area contributed by atoms with Crippen LogP contribution in [0.1, 0.15) is 43.2 Å². The van der Waals surface area contributed by atoms with Gasteiger partial charge in [-0.25, -0.2) is 8.78 Å². The normalized spacial score (nSPS) is 20.6. The van der Waals surface area contributed by atoms with Crippen LogP contribution in [0.25, 0.3) is 22.0 Å². The molecule has 2 aromatic heterocycles. The second-order valence-electron chi connectivity index (χ2n) is 11.6. The summed E-state index contributed by atoms with van der Waals surface area (Å²) in [7, 11) is 2.05. The molecule has 6 rings (SSSR count). The maximum absolute atomic E-state index is 16.6. The van der Waals surface area contributed by atoms with Gasteiger partial charge < -0.3 is 19.4 Å². The summed E-state index contributed by atoms with van der Waals surface area (Å²) in [6, 6.07) is 5.36. The van der Waals surface area contributed by atoms with Crippen LogP contribution in [0.15, 0.2) is 36.9 Å². The molecule has 0 unspecified atom stereocenters. The number of anilines is 1. The highest BCUT2D eigenvalue weighted by Gasteiger charge is 2.34. The minimum absolute atomic E-state index is 0.000530. The molecule has 1 amide bonds. The van der Waals surface area contributed by atoms with Crippen molar-refractivity contribution in [3.63, 3.8) is 0 Å². The number of nitrogens with zero attached hydrogens (tertiary/aromatic N) is 7. The standard InChI is InChI=1S/C32H35F2N7O2/c1-20(33)31(42)41-15-14-40(18-22(41)11-12-35)30-26-10-9-25(27-17-36-16-21-6-3-4-8-24(21)27)28(34)29(26)37-32(38-30)43-19-23-7-5-13-39(23)2/h9-10,16-17,22-23H,1,3-8,11,13-15,18-19H2,2H3/t22-,23-/m0/s1. The van der Waals surface area contributed by atoms with Crippen molar-refractivity contribution in [3.05, 3.63) is 53.9 Å². The SMILES string of the molecule is C=C(F)C(=O)N1CCN(c2nc(OC[C@@H]3CCCN3C)nc3c(F)c(-c4cncc5c4CCCC5)ccc23)C[C@@H]1CC#N. The lowest BCUT2D eigenvalue weighted by molar-refractivity contribution is -0.131. The summed E-state index contributed by atoms with van der Waals surface area (Å²) >= 11 is 0. The van der Waals surface area contributed by atoms with Gasteiger partial charge >= 0.3 is 6.01 Å². The van der Waals surface area contributed by atoms with Crippen LogP contribution in [0.2, 0.25) is 0 Å². The predicted molar refractivity (Wildman–Crippen MR) is 159 cm³/mol. The van der Waals surface area contributed by atoms with E-state index in [-0.39, 0.29) is 37.1 Å². The number of aryl methyl sites for hydroxylation is 1. The molecular formula is C32H35F2N7O2. The average Bonchev–Trinajstić information content (AvgIpc) is 3.44. The lowest BCUT2D eigenvalue weighted by Crippen LogP contribution is -2.55. The van der Waals surface area contributed by atoms with E-state index in [2.05, 4.69) is 34.6 Å². The first-order valence-corrected chi connectivity index (χ1v) is 14.9. The number of hydrogen-bond donors (Lipinski definition) is 0. The monoisotopic (exact) mass is 587 g/mol. The number of carbonyl (C=O) groups excluding carboxylic acids is 1. The first-order chi connectivity index (χ1) is 20.9. The van der Waals surface area contributed by atoms with Gasteiger partial charge in [0.2, 0.25) is 0 Å². The first-order valence-electron chi connectivity index (χ1n) is 14.9. The van der Waals surface area contributed by atoms with Gasteiger partial charge in [-0.1, -0.05) is 12.6 Å². The van der Waals surface area contributed by atoms with Gasteiger partial charge in [-0.3, -0.25) is 9.78 Å². The summed E-state index contributed by atoms with van der Waals surface area (Å²) in [5, 5.41) is 9.95. The van der Waals surface area contributed by atoms with Gasteiger partial charge in [0.15, 0.2) is 11.6 Å². The molecule has 11 heteroatoms. The van der Waals surface area contributed by atoms with E-state index in [0.717, 1.165) is 61.8 Å². The highest BCUT2D eigenvalue weighted by atomic mass is 19.1. The summed E-state index contributed by atoms with van der Waals surface area (Å²) < 4.78 is 36.4. The van der Waals surface area contributed by atoms with E-state index in [1.54, 1.807) is 12.3 Å². The number of carbonyl (C=O) groups is 1. The summed E-state index contributed by atoms with van der Waals surface area (Å²) in [6.07, 6.45) is 9.62. The molecule has 1 aromatic carbocycles. The number of rotatable bonds is 7. The fourth-order valence-corrected chi connectivity index (χ4v) is 6.64. The van der Waals surface area contributed by atoms with Gasteiger partial charge in [0, 0.05) is 54.6 Å². The Morgan fingerprint density at radius 3 is 2.72 bits per heavy atom. The molecule has 0 saturated carbocycles. The van der Waals surface area contributed by atoms with Crippen LogP contribution in [0.3, 0.4) is 0 Å². The Labute approximate surface area is 249 Å². The number of aromatic nitrogens is 3. The molecule has 3 aromatic rings. The Morgan fingerprint density at radius 2 is 1.95 bits per heavy atom. The molecule has 0 spiro atoms. The zero-order valence-electron chi connectivity index (χ0n) is 24.4. The molecule has 2 atom stereocenters. The maximum Gasteiger partial charge on any atom is 0.319 e. The van der Waals surface area contributed by atoms with Crippen molar-refractivity contribution < 1.29 is 18.3 Å². The molecule has 2 fully saturated rings. The van der Waals surface area contributed by atoms with Crippen molar-refractivity contribution in [2.75, 3.05) is 44.7 Å². The number of halogens is 2. The third-order valence-electron chi connectivity index (χ3n) is 9.00. The lowest BCUT2D eigenvalue weighted by atomic mass is 9.87. The van der Waals surface area contributed by atoms with Crippen molar-refractivity contribution >= 4 is 22.6 Å². The highest BCUT2D eigenvalue weighted by Crippen LogP contribution is 2.37. The number of nitriles is 1. The molecule has 43 heavy (non-hydrogen) atoms. The van der Waals surface area contributed by atoms with Gasteiger partial charge in [-0.05, 0) is 69.3 Å². The van der Waals surface area contributed by atoms with Crippen LogP contribution in [0, 0.1) is 17.1 Å². The maximum atomic E-state index is 16.6. The summed E-state index contributed by atoms with van der Waals surface area (Å²) in [4.78, 5) is 31.7. The Bertz CT molecular complexity index is 1610. The second-order valence-corrected chi connectivity index (χ2v) is 11.6. The van der Waals surface area contributed by atoms with E-state index in [1.807, 2.05) is 17.2 Å². The van der Waals surface area contributed by atoms with Gasteiger partial charge in [-0.2, -0.15) is 15.2 Å². The zero-order chi connectivity index (χ0) is 30.1. The second kappa shape index (κ2) is 12.2. The Kier molecular flexibility index (Phi) is 8.21. The number of benzene rings is 1. The Morgan fingerprint density at radius 1 is 1.12 bits per heavy atom. The molecular weight excluding hydrogens is 552 g/mol. The average molecular weight is 588 g/mol. The number of hydrogen-bond acceptors (Lipinski definition) is 8. The smallest absolute Gasteiger partial charge is 0.319 e. The van der Waals surface area contributed by atoms with Gasteiger partial charge in [0.1, 0.15) is 17.9 Å². The van der Waals surface area contributed by atoms with Gasteiger partial charge in [0.25, 0.3) is 5.91 Å². The van der Waals surface area contributed by atoms with E-state index in [1.165, 1.54) is 4.90 Å². The molecule has 224 valence electrons. The number of piperazine rings is 1. The minimum Gasteiger partial charge on any atom is -0.462 e. The van der Waals surface area contributed by atoms with Crippen molar-refractivity contribution in [1.29, 1.82) is 5.26 Å². The molecule has 1 aliphatic carbocycles. The van der Waals surface area contributed by atoms with Crippen molar-refractivity contribution in [3.8, 4) is 23.2 Å². The van der Waals surface area contributed by atoms with Gasteiger partial charge in [-0.15, -0.1) is 0 Å². The molecule has 9 nitrogen and oxygen atoms in total. The molecule has 0 radical (unpaired) electrons. The van der Waals surface area contributed by atoms with E-state index < -0.39 is 23.6 Å². The quantitative estimate of drug-likeness (QED) is 0.370. The van der Waals surface area contributed by atoms with Crippen LogP contribution >= 0.6 is 0 Å². The summed E-state index contributed by atoms with van der Waals surface area (Å²) in [6.45, 7) is 5.17. The molecule has 2 aliphatic heterocycles. The summed E-state index contributed by atoms with van der Waals surface area (Å²) in [5.74, 6) is -1.91. The van der Waals surface area contributed by atoms with Crippen molar-refractivity contribution in [2.24, 2.45) is 0 Å². The summed E-state index contributed by atoms with van der Waals surface area (Å²) in [5.41, 5.74) is 3.63. The minimum atomic E-state index is -1.07. The van der Waals surface area contributed by atoms with E-state index in [0.29, 0.717) is 29.9 Å². The van der Waals surface area contributed by atoms with E-state index >= 15 is 4.39 Å². The molecule has 4 heterocycles. The van der Waals surface area contributed by atoms with Crippen molar-refractivity contribution in [1.82, 2.24) is 24.8 Å². The number of ether oxygens (including phenoxy) is 1. The van der Waals surface area contributed by atoms with Crippen LogP contribution in [0.4, 0.5) is 14.6 Å². The third-order valence-corrected chi connectivity index (χ3v) is 9.00. The van der Waals surface area contributed by atoms with Crippen LogP contribution < -0.4 is 9.64 Å². The van der Waals surface area contributed by atoms with Crippen LogP contribution in [-0.4, -0.2) is 82.6 Å². The fourth-order valence-electron chi connectivity index (χ4n) is 6.64. The molecule has 0 bridgehead atoms. The third kappa shape index (κ3) is 5.64. The zero-order valence-corrected chi connectivity index (χ0v) is 24.4. The van der Waals surface area contributed by atoms with E-state index in [4.69, 9.17) is 9.72 Å². The number of likely N-dealkylation sites (tertiary alicyclic amines) is 1. The fraction of sp³-hybridized carbons (Fsp3) is 0.469. The lowest BCUT2D eigenvalue weighted by Gasteiger charge is -2.41. The number of fused-ring (bicyclic) bond motifs is 2. The predicted octanol–water partition coefficient (Wildman–Crippen LogP) is 4.60. The van der Waals surface area contributed by atoms with Crippen LogP contribution in [-0.2, 0) is 17.6 Å². The number of pyridine rings is 1. The van der Waals surface area contributed by atoms with Crippen molar-refractivity contribution in [2.45, 2.75) is 57.0 Å². The first kappa shape index (κ1) is 28.9. The Balaban J connectivity index is 1.42. The number of amides is 1. The molecule has 3 aliphatic rings. The molecule has 0 N–H and O–H groups in total. The Hall–Kier alpha value is -4.17.